The molecule has 0 amide bonds. The van der Waals surface area contributed by atoms with Gasteiger partial charge >= 0.3 is 5.97 Å². The second-order valence-electron chi connectivity index (χ2n) is 9.66. The van der Waals surface area contributed by atoms with Crippen LogP contribution in [0.4, 0.5) is 0 Å². The number of rotatable bonds is 6. The molecule has 0 bridgehead atoms. The zero-order valence-electron chi connectivity index (χ0n) is 19.9. The molecule has 0 aromatic carbocycles. The van der Waals surface area contributed by atoms with Crippen molar-refractivity contribution in [2.24, 2.45) is 11.8 Å². The highest BCUT2D eigenvalue weighted by Gasteiger charge is 2.26. The second kappa shape index (κ2) is 9.74. The summed E-state index contributed by atoms with van der Waals surface area (Å²) in [4.78, 5) is 29.6. The molecule has 4 heterocycles. The third kappa shape index (κ3) is 4.78. The van der Waals surface area contributed by atoms with Crippen molar-refractivity contribution < 1.29 is 9.90 Å². The highest BCUT2D eigenvalue weighted by Crippen LogP contribution is 2.37. The Hall–Kier alpha value is -3.32. The van der Waals surface area contributed by atoms with Gasteiger partial charge in [-0.25, -0.2) is 14.8 Å². The van der Waals surface area contributed by atoms with Crippen molar-refractivity contribution in [2.75, 3.05) is 0 Å². The van der Waals surface area contributed by atoms with E-state index in [2.05, 4.69) is 44.5 Å². The van der Waals surface area contributed by atoms with E-state index < -0.39 is 5.97 Å². The molecule has 0 saturated heterocycles. The number of nitrogens with zero attached hydrogens (tertiary/aromatic N) is 5. The van der Waals surface area contributed by atoms with Gasteiger partial charge in [0.2, 0.25) is 5.82 Å². The van der Waals surface area contributed by atoms with Crippen molar-refractivity contribution in [1.29, 1.82) is 0 Å². The van der Waals surface area contributed by atoms with Gasteiger partial charge in [-0.1, -0.05) is 44.4 Å². The molecular weight excluding hydrogens is 462 g/mol. The van der Waals surface area contributed by atoms with Gasteiger partial charge in [-0.2, -0.15) is 0 Å². The van der Waals surface area contributed by atoms with Gasteiger partial charge in [0.05, 0.1) is 16.1 Å². The maximum Gasteiger partial charge on any atom is 0.373 e. The summed E-state index contributed by atoms with van der Waals surface area (Å²) in [6, 6.07) is 5.71. The molecule has 35 heavy (non-hydrogen) atoms. The van der Waals surface area contributed by atoms with Gasteiger partial charge in [-0.3, -0.25) is 9.97 Å². The zero-order valence-corrected chi connectivity index (χ0v) is 20.6. The Labute approximate surface area is 209 Å². The quantitative estimate of drug-likeness (QED) is 0.345. The number of hydrogen-bond acceptors (Lipinski definition) is 5. The van der Waals surface area contributed by atoms with Crippen LogP contribution in [0.1, 0.15) is 67.2 Å². The average molecular weight is 490 g/mol. The molecule has 4 aromatic rings. The highest BCUT2D eigenvalue weighted by atomic mass is 35.5. The molecule has 1 aliphatic rings. The summed E-state index contributed by atoms with van der Waals surface area (Å²) in [6.07, 6.45) is 13.8. The van der Waals surface area contributed by atoms with Crippen LogP contribution in [0.3, 0.4) is 0 Å². The molecule has 1 saturated carbocycles. The van der Waals surface area contributed by atoms with Crippen molar-refractivity contribution in [3.63, 3.8) is 0 Å². The smallest absolute Gasteiger partial charge is 0.373 e. The van der Waals surface area contributed by atoms with E-state index in [9.17, 15) is 9.90 Å². The van der Waals surface area contributed by atoms with Crippen LogP contribution in [0.25, 0.3) is 22.3 Å². The number of pyridine rings is 2. The van der Waals surface area contributed by atoms with Crippen molar-refractivity contribution in [2.45, 2.75) is 52.0 Å². The summed E-state index contributed by atoms with van der Waals surface area (Å²) in [6.45, 7) is 5.25. The van der Waals surface area contributed by atoms with E-state index in [4.69, 9.17) is 11.6 Å². The Kier molecular flexibility index (Phi) is 6.52. The van der Waals surface area contributed by atoms with Crippen molar-refractivity contribution in [3.05, 3.63) is 71.2 Å². The van der Waals surface area contributed by atoms with E-state index in [1.165, 1.54) is 25.7 Å². The fourth-order valence-corrected chi connectivity index (χ4v) is 5.30. The molecule has 0 aliphatic heterocycles. The third-order valence-corrected chi connectivity index (χ3v) is 7.36. The van der Waals surface area contributed by atoms with Crippen molar-refractivity contribution in [3.8, 4) is 11.3 Å². The number of carboxylic acid groups (broad SMARTS) is 1. The number of carboxylic acids is 1. The first-order valence-electron chi connectivity index (χ1n) is 12.1. The Balaban J connectivity index is 1.73. The second-order valence-corrected chi connectivity index (χ2v) is 10.1. The molecule has 1 atom stereocenters. The molecule has 1 unspecified atom stereocenters. The van der Waals surface area contributed by atoms with Gasteiger partial charge in [0.15, 0.2) is 0 Å². The molecule has 0 spiro atoms. The zero-order chi connectivity index (χ0) is 24.5. The van der Waals surface area contributed by atoms with Crippen LogP contribution in [0.2, 0.25) is 5.02 Å². The first-order valence-corrected chi connectivity index (χ1v) is 12.4. The first kappa shape index (κ1) is 23.4. The number of aromatic carboxylic acids is 1. The third-order valence-electron chi connectivity index (χ3n) is 7.15. The van der Waals surface area contributed by atoms with Crippen LogP contribution in [-0.2, 0) is 6.54 Å². The summed E-state index contributed by atoms with van der Waals surface area (Å²) in [5, 5.41) is 10.3. The SMILES string of the molecule is CC1CCC(Cn2cc(C(C)c3cccnc3)c3nc(C(=O)O)nc(-c4cncc(Cl)c4)c32)CC1. The van der Waals surface area contributed by atoms with Gasteiger partial charge in [0.1, 0.15) is 5.69 Å². The summed E-state index contributed by atoms with van der Waals surface area (Å²) >= 11 is 6.26. The van der Waals surface area contributed by atoms with Crippen molar-refractivity contribution in [1.82, 2.24) is 24.5 Å². The van der Waals surface area contributed by atoms with Crippen LogP contribution < -0.4 is 0 Å². The monoisotopic (exact) mass is 489 g/mol. The molecule has 4 aromatic heterocycles. The molecule has 1 N–H and O–H groups in total. The average Bonchev–Trinajstić information content (AvgIpc) is 3.23. The Morgan fingerprint density at radius 3 is 2.66 bits per heavy atom. The fraction of sp³-hybridized carbons (Fsp3) is 0.370. The molecule has 5 rings (SSSR count). The van der Waals surface area contributed by atoms with Crippen molar-refractivity contribution >= 4 is 28.6 Å². The fourth-order valence-electron chi connectivity index (χ4n) is 5.12. The molecule has 180 valence electrons. The first-order chi connectivity index (χ1) is 16.9. The molecule has 1 aliphatic carbocycles. The van der Waals surface area contributed by atoms with E-state index in [1.807, 2.05) is 18.3 Å². The van der Waals surface area contributed by atoms with E-state index in [0.717, 1.165) is 29.1 Å². The van der Waals surface area contributed by atoms with E-state index in [-0.39, 0.29) is 11.7 Å². The Morgan fingerprint density at radius 2 is 1.97 bits per heavy atom. The summed E-state index contributed by atoms with van der Waals surface area (Å²) in [5.41, 5.74) is 4.68. The lowest BCUT2D eigenvalue weighted by Crippen LogP contribution is -2.17. The predicted octanol–water partition coefficient (Wildman–Crippen LogP) is 6.22. The minimum absolute atomic E-state index is 0.0271. The van der Waals surface area contributed by atoms with Crippen LogP contribution in [-0.4, -0.2) is 35.6 Å². The van der Waals surface area contributed by atoms with Crippen LogP contribution in [0.5, 0.6) is 0 Å². The van der Waals surface area contributed by atoms with Gasteiger partial charge in [0.25, 0.3) is 0 Å². The highest BCUT2D eigenvalue weighted by molar-refractivity contribution is 6.30. The summed E-state index contributed by atoms with van der Waals surface area (Å²) in [5.74, 6) is -0.120. The standard InChI is InChI=1S/C27H28ClN5O2/c1-16-5-7-18(8-6-16)14-33-15-22(17(2)19-4-3-9-29-11-19)24-25(33)23(31-26(32-24)27(34)35)20-10-21(28)13-30-12-20/h3-4,9-13,15-18H,5-8,14H2,1-2H3,(H,34,35). The number of carbonyl (C=O) groups is 1. The molecule has 1 fully saturated rings. The molecule has 7 nitrogen and oxygen atoms in total. The van der Waals surface area contributed by atoms with E-state index >= 15 is 0 Å². The number of fused-ring (bicyclic) bond motifs is 1. The van der Waals surface area contributed by atoms with Crippen LogP contribution in [0, 0.1) is 11.8 Å². The summed E-state index contributed by atoms with van der Waals surface area (Å²) < 4.78 is 2.22. The summed E-state index contributed by atoms with van der Waals surface area (Å²) in [7, 11) is 0. The van der Waals surface area contributed by atoms with E-state index in [0.29, 0.717) is 27.7 Å². The van der Waals surface area contributed by atoms with E-state index in [1.54, 1.807) is 24.7 Å². The minimum atomic E-state index is -1.17. The van der Waals surface area contributed by atoms with Crippen LogP contribution in [0.15, 0.2) is 49.2 Å². The van der Waals surface area contributed by atoms with Gasteiger partial charge in [-0.15, -0.1) is 0 Å². The number of aromatic nitrogens is 5. The maximum absolute atomic E-state index is 12.0. The predicted molar refractivity (Wildman–Crippen MR) is 136 cm³/mol. The van der Waals surface area contributed by atoms with Gasteiger partial charge in [0, 0.05) is 54.6 Å². The normalized spacial score (nSPS) is 19.1. The van der Waals surface area contributed by atoms with Gasteiger partial charge < -0.3 is 9.67 Å². The minimum Gasteiger partial charge on any atom is -0.475 e. The Bertz CT molecular complexity index is 1360. The lowest BCUT2D eigenvalue weighted by atomic mass is 9.83. The van der Waals surface area contributed by atoms with Crippen LogP contribution >= 0.6 is 11.6 Å². The molecular formula is C27H28ClN5O2. The Morgan fingerprint density at radius 1 is 1.17 bits per heavy atom. The maximum atomic E-state index is 12.0. The van der Waals surface area contributed by atoms with Gasteiger partial charge in [-0.05, 0) is 42.4 Å². The lowest BCUT2D eigenvalue weighted by molar-refractivity contribution is 0.0684. The number of halogens is 1. The molecule has 0 radical (unpaired) electrons. The molecule has 8 heteroatoms. The topological polar surface area (TPSA) is 93.8 Å². The largest absolute Gasteiger partial charge is 0.475 e. The number of hydrogen-bond donors (Lipinski definition) is 1. The lowest BCUT2D eigenvalue weighted by Gasteiger charge is -2.26.